The normalized spacial score (nSPS) is 22.8. The molecule has 6 atom stereocenters. The van der Waals surface area contributed by atoms with E-state index in [1.165, 1.54) is 0 Å². The molecule has 3 aliphatic rings. The molecule has 3 aliphatic carbocycles. The summed E-state index contributed by atoms with van der Waals surface area (Å²) >= 11 is 0. The lowest BCUT2D eigenvalue weighted by Gasteiger charge is -2.61. The first-order chi connectivity index (χ1) is 27.7. The summed E-state index contributed by atoms with van der Waals surface area (Å²) in [6, 6.07) is 11.7. The van der Waals surface area contributed by atoms with Crippen LogP contribution in [0.4, 0.5) is 0 Å². The molecule has 0 amide bonds. The Bertz CT molecular complexity index is 2060. The van der Waals surface area contributed by atoms with Gasteiger partial charge in [0.05, 0.1) is 38.9 Å². The van der Waals surface area contributed by atoms with Gasteiger partial charge < -0.3 is 22.8 Å². The number of nitrogens with zero attached hydrogens (tertiary/aromatic N) is 1. The molecule has 2 aromatic rings. The van der Waals surface area contributed by atoms with Gasteiger partial charge in [-0.25, -0.2) is 8.57 Å². The van der Waals surface area contributed by atoms with Crippen LogP contribution in [0.25, 0.3) is 0 Å². The second kappa shape index (κ2) is 17.8. The number of hydrogen-bond donors (Lipinski definition) is 1. The fourth-order valence-corrected chi connectivity index (χ4v) is 14.3. The highest BCUT2D eigenvalue weighted by atomic mass is 32.2. The van der Waals surface area contributed by atoms with E-state index in [2.05, 4.69) is 161 Å². The number of aromatic hydroxyl groups is 1. The second-order valence-electron chi connectivity index (χ2n) is 25.4. The van der Waals surface area contributed by atoms with Crippen molar-refractivity contribution in [3.05, 3.63) is 58.5 Å². The maximum Gasteiger partial charge on any atom is 0.250 e. The zero-order valence-corrected chi connectivity index (χ0v) is 48.3. The van der Waals surface area contributed by atoms with Gasteiger partial charge in [0.25, 0.3) is 0 Å². The second-order valence-corrected chi connectivity index (χ2v) is 46.1. The Morgan fingerprint density at radius 3 is 1.79 bits per heavy atom. The number of phenols is 1. The fraction of sp³-hybridized carbons (Fsp3) is 0.720. The minimum atomic E-state index is -3.14. The molecule has 0 saturated heterocycles. The molecule has 12 heteroatoms. The number of rotatable bonds is 15. The predicted octanol–water partition coefficient (Wildman–Crippen LogP) is 15.5. The smallest absolute Gasteiger partial charge is 0.250 e. The highest BCUT2D eigenvalue weighted by Crippen LogP contribution is 2.66. The van der Waals surface area contributed by atoms with E-state index in [0.29, 0.717) is 34.5 Å². The number of hydrogen-bond acceptors (Lipinski definition) is 7. The first-order valence-electron chi connectivity index (χ1n) is 23.3. The van der Waals surface area contributed by atoms with Gasteiger partial charge in [-0.15, -0.1) is 0 Å². The highest BCUT2D eigenvalue weighted by molar-refractivity contribution is 7.96. The highest BCUT2D eigenvalue weighted by Gasteiger charge is 2.58. The minimum Gasteiger partial charge on any atom is -0.543 e. The lowest BCUT2D eigenvalue weighted by molar-refractivity contribution is -0.0682. The first kappa shape index (κ1) is 52.9. The molecule has 1 N–H and O–H groups in total. The molecule has 0 heterocycles. The van der Waals surface area contributed by atoms with E-state index >= 15 is 4.21 Å². The van der Waals surface area contributed by atoms with Crippen LogP contribution in [0, 0.1) is 36.0 Å². The fourth-order valence-electron chi connectivity index (χ4n) is 7.90. The molecule has 0 aliphatic heterocycles. The standard InChI is InChI=1S/C50H89NO6SSi4/c1-34(2)42(32-54-60(18,19)47(4,5)6)51-58(53,38-26-24-35(3)25-27-38)33-40-39(28-36-29-41(40)50(36,13)14)46(57-59(15,16)17)45-43(52)30-37(55-61(20,21)48(7,8)9)31-44(45)56-62(22,23)49(10,11)12/h24-27,30-31,33-34,36,39,41-42,46,52H,28-29,32H2,1-23H3/b40-33+/t36-,39-,41-,42-,46-,58?/m0/s1. The lowest BCUT2D eigenvalue weighted by Crippen LogP contribution is -2.53. The zero-order valence-electron chi connectivity index (χ0n) is 43.5. The van der Waals surface area contributed by atoms with Gasteiger partial charge in [0, 0.05) is 23.5 Å². The van der Waals surface area contributed by atoms with E-state index in [0.717, 1.165) is 24.0 Å². The van der Waals surface area contributed by atoms with Gasteiger partial charge in [-0.05, 0) is 129 Å². The van der Waals surface area contributed by atoms with Crippen molar-refractivity contribution in [2.45, 2.75) is 201 Å². The summed E-state index contributed by atoms with van der Waals surface area (Å²) in [6.07, 6.45) is 1.33. The molecule has 3 saturated carbocycles. The Kier molecular flexibility index (Phi) is 15.2. The van der Waals surface area contributed by atoms with Gasteiger partial charge in [-0.2, -0.15) is 0 Å². The average Bonchev–Trinajstić information content (AvgIpc) is 3.07. The van der Waals surface area contributed by atoms with Crippen LogP contribution in [0.15, 0.2) is 56.6 Å². The third kappa shape index (κ3) is 11.6. The van der Waals surface area contributed by atoms with Crippen molar-refractivity contribution in [3.8, 4) is 17.2 Å². The maximum absolute atomic E-state index is 16.3. The first-order valence-corrected chi connectivity index (χ1v) is 37.1. The summed E-state index contributed by atoms with van der Waals surface area (Å²) in [6.45, 7) is 51.9. The number of aryl methyl sites for hydroxylation is 1. The van der Waals surface area contributed by atoms with Crippen molar-refractivity contribution in [3.63, 3.8) is 0 Å². The summed E-state index contributed by atoms with van der Waals surface area (Å²) in [5.74, 6) is 1.96. The van der Waals surface area contributed by atoms with Gasteiger partial charge in [0.15, 0.2) is 16.6 Å². The van der Waals surface area contributed by atoms with Crippen LogP contribution in [0.2, 0.25) is 74.0 Å². The van der Waals surface area contributed by atoms with E-state index in [-0.39, 0.29) is 50.1 Å². The third-order valence-electron chi connectivity index (χ3n) is 15.6. The summed E-state index contributed by atoms with van der Waals surface area (Å²) in [7, 11) is -12.3. The molecule has 2 bridgehead atoms. The van der Waals surface area contributed by atoms with Crippen LogP contribution in [0.3, 0.4) is 0 Å². The molecule has 7 nitrogen and oxygen atoms in total. The van der Waals surface area contributed by atoms with Gasteiger partial charge >= 0.3 is 0 Å². The monoisotopic (exact) mass is 944 g/mol. The molecule has 1 unspecified atom stereocenters. The number of phenolic OH excluding ortho intramolecular Hbond substituents is 1. The summed E-state index contributed by atoms with van der Waals surface area (Å²) in [4.78, 5) is 0.714. The minimum absolute atomic E-state index is 0.00589. The molecular weight excluding hydrogens is 855 g/mol. The van der Waals surface area contributed by atoms with Crippen molar-refractivity contribution in [1.29, 1.82) is 0 Å². The van der Waals surface area contributed by atoms with Crippen molar-refractivity contribution >= 4 is 43.0 Å². The lowest BCUT2D eigenvalue weighted by atomic mass is 9.44. The van der Waals surface area contributed by atoms with Crippen LogP contribution >= 0.6 is 0 Å². The van der Waals surface area contributed by atoms with Crippen LogP contribution < -0.4 is 8.85 Å². The van der Waals surface area contributed by atoms with E-state index < -0.39 is 49.1 Å². The molecule has 0 radical (unpaired) electrons. The van der Waals surface area contributed by atoms with Crippen LogP contribution in [0.1, 0.15) is 120 Å². The molecule has 0 spiro atoms. The van der Waals surface area contributed by atoms with E-state index in [1.54, 1.807) is 6.07 Å². The third-order valence-corrected chi connectivity index (χ3v) is 31.8. The van der Waals surface area contributed by atoms with Crippen LogP contribution in [-0.2, 0) is 18.6 Å². The Morgan fingerprint density at radius 1 is 0.806 bits per heavy atom. The van der Waals surface area contributed by atoms with Crippen molar-refractivity contribution in [2.75, 3.05) is 6.61 Å². The van der Waals surface area contributed by atoms with E-state index in [9.17, 15) is 5.11 Å². The molecule has 352 valence electrons. The molecular formula is C50H89NO6SSi4. The van der Waals surface area contributed by atoms with Gasteiger partial charge in [-0.1, -0.05) is 113 Å². The predicted molar refractivity (Wildman–Crippen MR) is 274 cm³/mol. The van der Waals surface area contributed by atoms with Gasteiger partial charge in [0.1, 0.15) is 17.2 Å². The quantitative estimate of drug-likeness (QED) is 0.179. The Balaban J connectivity index is 2.07. The topological polar surface area (TPSA) is 86.6 Å². The van der Waals surface area contributed by atoms with Crippen molar-refractivity contribution in [2.24, 2.45) is 33.4 Å². The Hall–Kier alpha value is -1.68. The van der Waals surface area contributed by atoms with Crippen molar-refractivity contribution in [1.82, 2.24) is 0 Å². The molecule has 62 heavy (non-hydrogen) atoms. The number of benzene rings is 2. The Labute approximate surface area is 384 Å². The molecule has 0 aromatic heterocycles. The zero-order chi connectivity index (χ0) is 47.6. The van der Waals surface area contributed by atoms with E-state index in [4.69, 9.17) is 22.1 Å². The number of fused-ring (bicyclic) bond motifs is 2. The van der Waals surface area contributed by atoms with Crippen molar-refractivity contribution < 1.29 is 27.0 Å². The van der Waals surface area contributed by atoms with Gasteiger partial charge in [-0.3, -0.25) is 0 Å². The average molecular weight is 945 g/mol. The summed E-state index contributed by atoms with van der Waals surface area (Å²) in [5, 5.41) is 14.5. The molecule has 3 fully saturated rings. The van der Waals surface area contributed by atoms with Gasteiger partial charge in [0.2, 0.25) is 16.6 Å². The maximum atomic E-state index is 16.3. The summed E-state index contributed by atoms with van der Waals surface area (Å²) in [5.41, 5.74) is 2.92. The molecule has 2 aromatic carbocycles. The SMILES string of the molecule is Cc1ccc(S(=O)(/C=C2\[C@@H]([C@H](O[Si](C)(C)C)c3c(O)cc(O[Si](C)(C)C(C)(C)C)cc3O[Si](C)(C)C(C)(C)C)C[C@H]3C[C@@H]2C3(C)C)=N[C@@H](CO[Si](C)(C)C(C)(C)C)C(C)C)cc1. The molecule has 5 rings (SSSR count). The Morgan fingerprint density at radius 2 is 1.32 bits per heavy atom. The summed E-state index contributed by atoms with van der Waals surface area (Å²) < 4.78 is 50.1. The van der Waals surface area contributed by atoms with E-state index in [1.807, 2.05) is 30.3 Å². The largest absolute Gasteiger partial charge is 0.543 e. The van der Waals surface area contributed by atoms with Crippen LogP contribution in [0.5, 0.6) is 17.2 Å². The van der Waals surface area contributed by atoms with Crippen LogP contribution in [-0.4, -0.2) is 55.2 Å².